The Morgan fingerprint density at radius 1 is 1.50 bits per heavy atom. The van der Waals surface area contributed by atoms with E-state index in [-0.39, 0.29) is 0 Å². The van der Waals surface area contributed by atoms with E-state index in [9.17, 15) is 9.00 Å². The van der Waals surface area contributed by atoms with Crippen LogP contribution in [0.3, 0.4) is 0 Å². The van der Waals surface area contributed by atoms with Crippen LogP contribution in [0.4, 0.5) is 0 Å². The molecule has 0 amide bonds. The Morgan fingerprint density at radius 3 is 2.33 bits per heavy atom. The molecule has 0 aliphatic carbocycles. The third-order valence-electron chi connectivity index (χ3n) is 0.979. The number of hydrogen-bond acceptors (Lipinski definition) is 3. The predicted octanol–water partition coefficient (Wildman–Crippen LogP) is 0.692. The summed E-state index contributed by atoms with van der Waals surface area (Å²) in [5.74, 6) is -0.590. The highest BCUT2D eigenvalue weighted by Gasteiger charge is 2.18. The van der Waals surface area contributed by atoms with Crippen LogP contribution in [0.15, 0.2) is 4.40 Å². The fraction of sp³-hybridized carbons (Fsp3) is 0.714. The predicted molar refractivity (Wildman–Crippen MR) is 48.4 cm³/mol. The molecule has 4 nitrogen and oxygen atoms in total. The van der Waals surface area contributed by atoms with Crippen molar-refractivity contribution in [2.45, 2.75) is 25.5 Å². The summed E-state index contributed by atoms with van der Waals surface area (Å²) in [6.07, 6.45) is 0.932. The van der Waals surface area contributed by atoms with Crippen molar-refractivity contribution in [1.29, 1.82) is 0 Å². The largest absolute Gasteiger partial charge is 0.465 e. The van der Waals surface area contributed by atoms with E-state index in [1.165, 1.54) is 7.11 Å². The van der Waals surface area contributed by atoms with Crippen molar-refractivity contribution in [2.24, 2.45) is 4.40 Å². The van der Waals surface area contributed by atoms with Crippen LogP contribution < -0.4 is 0 Å². The number of ether oxygens (including phenoxy) is 1. The van der Waals surface area contributed by atoms with Crippen molar-refractivity contribution in [3.63, 3.8) is 0 Å². The van der Waals surface area contributed by atoms with Gasteiger partial charge in [0.15, 0.2) is 0 Å². The van der Waals surface area contributed by atoms with Gasteiger partial charge in [-0.3, -0.25) is 0 Å². The summed E-state index contributed by atoms with van der Waals surface area (Å²) in [5, 5.41) is 0. The zero-order valence-corrected chi connectivity index (χ0v) is 8.47. The first-order valence-electron chi connectivity index (χ1n) is 3.42. The van der Waals surface area contributed by atoms with Gasteiger partial charge < -0.3 is 4.74 Å². The summed E-state index contributed by atoms with van der Waals surface area (Å²) >= 11 is 0. The lowest BCUT2D eigenvalue weighted by molar-refractivity contribution is -0.132. The van der Waals surface area contributed by atoms with Crippen LogP contribution in [0.2, 0.25) is 0 Å². The number of esters is 1. The third-order valence-corrected chi connectivity index (χ3v) is 2.32. The Bertz CT molecular complexity index is 217. The van der Waals surface area contributed by atoms with Gasteiger partial charge in [0.05, 0.1) is 11.9 Å². The Balaban J connectivity index is 4.19. The maximum absolute atomic E-state index is 11.2. The van der Waals surface area contributed by atoms with Crippen LogP contribution in [-0.4, -0.2) is 28.2 Å². The molecule has 0 spiro atoms. The number of carbonyl (C=O) groups is 1. The molecule has 0 aliphatic rings. The standard InChI is InChI=1S/C7H13NO3S/c1-7(2,3)12(10)8-5-6(9)11-4/h5H,1-4H3/t12-/m0/s1. The fourth-order valence-electron chi connectivity index (χ4n) is 0.302. The van der Waals surface area contributed by atoms with Gasteiger partial charge in [0.2, 0.25) is 0 Å². The van der Waals surface area contributed by atoms with E-state index in [1.54, 1.807) is 20.8 Å². The van der Waals surface area contributed by atoms with Crippen molar-refractivity contribution in [2.75, 3.05) is 7.11 Å². The number of rotatable bonds is 2. The first kappa shape index (κ1) is 11.3. The van der Waals surface area contributed by atoms with Gasteiger partial charge in [-0.1, -0.05) is 0 Å². The highest BCUT2D eigenvalue weighted by atomic mass is 32.2. The molecule has 1 atom stereocenters. The summed E-state index contributed by atoms with van der Waals surface area (Å²) < 4.78 is 18.6. The van der Waals surface area contributed by atoms with Crippen molar-refractivity contribution in [3.8, 4) is 0 Å². The molecular formula is C7H13NO3S. The van der Waals surface area contributed by atoms with E-state index in [4.69, 9.17) is 0 Å². The molecule has 0 aliphatic heterocycles. The Hall–Kier alpha value is -0.710. The summed E-state index contributed by atoms with van der Waals surface area (Å²) in [5.41, 5.74) is 0. The highest BCUT2D eigenvalue weighted by molar-refractivity contribution is 7.85. The molecular weight excluding hydrogens is 178 g/mol. The highest BCUT2D eigenvalue weighted by Crippen LogP contribution is 2.11. The summed E-state index contributed by atoms with van der Waals surface area (Å²) in [6.45, 7) is 5.33. The van der Waals surface area contributed by atoms with E-state index in [0.717, 1.165) is 6.21 Å². The molecule has 5 heteroatoms. The molecule has 0 aromatic carbocycles. The SMILES string of the molecule is COC(=O)C=N[S@@](=O)C(C)(C)C. The van der Waals surface area contributed by atoms with Crippen LogP contribution in [-0.2, 0) is 20.5 Å². The van der Waals surface area contributed by atoms with Gasteiger partial charge in [-0.15, -0.1) is 0 Å². The zero-order valence-electron chi connectivity index (χ0n) is 7.66. The minimum atomic E-state index is -1.39. The molecule has 12 heavy (non-hydrogen) atoms. The second-order valence-electron chi connectivity index (χ2n) is 3.12. The topological polar surface area (TPSA) is 55.7 Å². The van der Waals surface area contributed by atoms with Crippen molar-refractivity contribution in [1.82, 2.24) is 0 Å². The van der Waals surface area contributed by atoms with Crippen LogP contribution in [0, 0.1) is 0 Å². The Morgan fingerprint density at radius 2 is 2.00 bits per heavy atom. The molecule has 0 saturated heterocycles. The molecule has 0 rings (SSSR count). The quantitative estimate of drug-likeness (QED) is 0.476. The molecule has 0 fully saturated rings. The van der Waals surface area contributed by atoms with Crippen LogP contribution in [0.25, 0.3) is 0 Å². The maximum Gasteiger partial charge on any atom is 0.349 e. The van der Waals surface area contributed by atoms with Crippen molar-refractivity contribution in [3.05, 3.63) is 0 Å². The van der Waals surface area contributed by atoms with E-state index in [0.29, 0.717) is 0 Å². The Kier molecular flexibility index (Phi) is 4.09. The number of methoxy groups -OCH3 is 1. The van der Waals surface area contributed by atoms with Gasteiger partial charge in [-0.25, -0.2) is 9.00 Å². The first-order chi connectivity index (χ1) is 5.38. The summed E-state index contributed by atoms with van der Waals surface area (Å²) in [4.78, 5) is 10.5. The van der Waals surface area contributed by atoms with Gasteiger partial charge in [0, 0.05) is 0 Å². The minimum absolute atomic E-state index is 0.440. The van der Waals surface area contributed by atoms with Gasteiger partial charge in [-0.2, -0.15) is 4.40 Å². The van der Waals surface area contributed by atoms with E-state index < -0.39 is 21.7 Å². The Labute approximate surface area is 74.6 Å². The van der Waals surface area contributed by atoms with Crippen LogP contribution in [0.1, 0.15) is 20.8 Å². The molecule has 0 aromatic heterocycles. The second kappa shape index (κ2) is 4.35. The maximum atomic E-state index is 11.2. The van der Waals surface area contributed by atoms with Crippen LogP contribution >= 0.6 is 0 Å². The average molecular weight is 191 g/mol. The summed E-state index contributed by atoms with van der Waals surface area (Å²) in [6, 6.07) is 0. The number of hydrogen-bond donors (Lipinski definition) is 0. The van der Waals surface area contributed by atoms with E-state index >= 15 is 0 Å². The van der Waals surface area contributed by atoms with Gasteiger partial charge in [-0.05, 0) is 20.8 Å². The van der Waals surface area contributed by atoms with E-state index in [1.807, 2.05) is 0 Å². The molecule has 0 N–H and O–H groups in total. The smallest absolute Gasteiger partial charge is 0.349 e. The van der Waals surface area contributed by atoms with E-state index in [2.05, 4.69) is 9.13 Å². The van der Waals surface area contributed by atoms with Gasteiger partial charge in [0.1, 0.15) is 17.2 Å². The minimum Gasteiger partial charge on any atom is -0.465 e. The lowest BCUT2D eigenvalue weighted by Crippen LogP contribution is -2.20. The van der Waals surface area contributed by atoms with Crippen molar-refractivity contribution >= 4 is 23.2 Å². The van der Waals surface area contributed by atoms with Crippen LogP contribution in [0.5, 0.6) is 0 Å². The monoisotopic (exact) mass is 191 g/mol. The second-order valence-corrected chi connectivity index (χ2v) is 5.05. The molecule has 0 aromatic rings. The lowest BCUT2D eigenvalue weighted by atomic mass is 10.3. The molecule has 70 valence electrons. The first-order valence-corrected chi connectivity index (χ1v) is 4.52. The number of carbonyl (C=O) groups excluding carboxylic acids is 1. The normalized spacial score (nSPS) is 14.7. The van der Waals surface area contributed by atoms with Gasteiger partial charge >= 0.3 is 5.97 Å². The summed E-state index contributed by atoms with van der Waals surface area (Å²) in [7, 11) is -0.146. The fourth-order valence-corrected chi connectivity index (χ4v) is 0.800. The molecule has 0 bridgehead atoms. The molecule has 0 saturated carbocycles. The molecule has 0 unspecified atom stereocenters. The van der Waals surface area contributed by atoms with Crippen molar-refractivity contribution < 1.29 is 13.7 Å². The molecule has 0 heterocycles. The lowest BCUT2D eigenvalue weighted by Gasteiger charge is -2.12. The number of nitrogens with zero attached hydrogens (tertiary/aromatic N) is 1. The van der Waals surface area contributed by atoms with Gasteiger partial charge in [0.25, 0.3) is 0 Å². The molecule has 0 radical (unpaired) electrons. The third kappa shape index (κ3) is 4.23. The average Bonchev–Trinajstić information content (AvgIpc) is 1.97. The zero-order chi connectivity index (χ0) is 9.78.